The van der Waals surface area contributed by atoms with Crippen molar-refractivity contribution >= 4 is 5.91 Å². The van der Waals surface area contributed by atoms with E-state index in [0.717, 1.165) is 43.6 Å². The van der Waals surface area contributed by atoms with E-state index in [-0.39, 0.29) is 29.8 Å². The van der Waals surface area contributed by atoms with Gasteiger partial charge in [0.2, 0.25) is 5.91 Å². The lowest BCUT2D eigenvalue weighted by molar-refractivity contribution is -0.137. The van der Waals surface area contributed by atoms with Crippen molar-refractivity contribution in [3.63, 3.8) is 0 Å². The number of nitrogens with zero attached hydrogens (tertiary/aromatic N) is 5. The number of aromatic nitrogens is 4. The Kier molecular flexibility index (Phi) is 7.41. The zero-order chi connectivity index (χ0) is 27.8. The number of tetrazole rings is 1. The smallest absolute Gasteiger partial charge is 0.351 e. The van der Waals surface area contributed by atoms with E-state index in [1.807, 2.05) is 12.1 Å². The molecular weight excluding hydrogens is 519 g/mol. The van der Waals surface area contributed by atoms with E-state index in [4.69, 9.17) is 0 Å². The van der Waals surface area contributed by atoms with E-state index in [1.165, 1.54) is 16.9 Å². The number of rotatable bonds is 6. The van der Waals surface area contributed by atoms with Crippen molar-refractivity contribution in [1.82, 2.24) is 30.4 Å². The average Bonchev–Trinajstić information content (AvgIpc) is 3.55. The van der Waals surface area contributed by atoms with Crippen LogP contribution in [0.4, 0.5) is 22.0 Å². The topological polar surface area (TPSA) is 75.9 Å². The highest BCUT2D eigenvalue weighted by molar-refractivity contribution is 5.87. The van der Waals surface area contributed by atoms with E-state index in [0.29, 0.717) is 31.2 Å². The molecule has 1 saturated heterocycles. The summed E-state index contributed by atoms with van der Waals surface area (Å²) >= 11 is 0. The molecule has 7 nitrogen and oxygen atoms in total. The number of hydrogen-bond acceptors (Lipinski definition) is 5. The summed E-state index contributed by atoms with van der Waals surface area (Å²) in [6, 6.07) is 8.94. The Morgan fingerprint density at radius 2 is 1.77 bits per heavy atom. The van der Waals surface area contributed by atoms with Crippen LogP contribution in [-0.2, 0) is 30.0 Å². The highest BCUT2D eigenvalue weighted by Gasteiger charge is 2.51. The maximum Gasteiger partial charge on any atom is 0.416 e. The third-order valence-electron chi connectivity index (χ3n) is 7.98. The third kappa shape index (κ3) is 5.80. The molecule has 2 atom stereocenters. The molecular formula is C27H29F5N6O. The van der Waals surface area contributed by atoms with Crippen LogP contribution < -0.4 is 5.32 Å². The summed E-state index contributed by atoms with van der Waals surface area (Å²) in [5.74, 6) is -1.10. The van der Waals surface area contributed by atoms with Crippen molar-refractivity contribution in [1.29, 1.82) is 0 Å². The lowest BCUT2D eigenvalue weighted by Crippen LogP contribution is -2.46. The van der Waals surface area contributed by atoms with Gasteiger partial charge in [0.05, 0.1) is 12.6 Å². The number of alkyl halides is 3. The Morgan fingerprint density at radius 1 is 1.05 bits per heavy atom. The number of aryl methyl sites for hydroxylation is 1. The van der Waals surface area contributed by atoms with Crippen molar-refractivity contribution in [2.75, 3.05) is 13.1 Å². The Bertz CT molecular complexity index is 1320. The number of likely N-dealkylation sites (tertiary alicyclic amines) is 1. The van der Waals surface area contributed by atoms with E-state index in [1.54, 1.807) is 7.05 Å². The Hall–Kier alpha value is -3.41. The Balaban J connectivity index is 1.29. The van der Waals surface area contributed by atoms with E-state index >= 15 is 0 Å². The number of piperidine rings is 1. The first kappa shape index (κ1) is 27.2. The predicted octanol–water partition coefficient (Wildman–Crippen LogP) is 4.49. The summed E-state index contributed by atoms with van der Waals surface area (Å²) in [6.07, 6.45) is -1.29. The molecule has 2 fully saturated rings. The highest BCUT2D eigenvalue weighted by Crippen LogP contribution is 2.43. The zero-order valence-corrected chi connectivity index (χ0v) is 21.4. The fourth-order valence-corrected chi connectivity index (χ4v) is 5.92. The predicted molar refractivity (Wildman–Crippen MR) is 131 cm³/mol. The summed E-state index contributed by atoms with van der Waals surface area (Å²) in [5.41, 5.74) is -1.09. The maximum atomic E-state index is 13.9. The van der Waals surface area contributed by atoms with Crippen molar-refractivity contribution in [2.45, 2.75) is 62.2 Å². The fraction of sp³-hybridized carbons (Fsp3) is 0.481. The number of halogens is 5. The summed E-state index contributed by atoms with van der Waals surface area (Å²) in [5, 5.41) is 15.1. The summed E-state index contributed by atoms with van der Waals surface area (Å²) < 4.78 is 66.6. The van der Waals surface area contributed by atoms with Gasteiger partial charge in [0.1, 0.15) is 17.0 Å². The zero-order valence-electron chi connectivity index (χ0n) is 21.4. The molecule has 2 aliphatic rings. The normalized spacial score (nSPS) is 22.8. The summed E-state index contributed by atoms with van der Waals surface area (Å²) in [6.45, 7) is 1.37. The minimum atomic E-state index is -4.70. The quantitative estimate of drug-likeness (QED) is 0.460. The van der Waals surface area contributed by atoms with Gasteiger partial charge in [0, 0.05) is 12.6 Å². The van der Waals surface area contributed by atoms with Crippen LogP contribution in [0, 0.1) is 11.6 Å². The molecule has 2 aromatic carbocycles. The van der Waals surface area contributed by atoms with Crippen LogP contribution in [-0.4, -0.2) is 50.1 Å². The van der Waals surface area contributed by atoms with Gasteiger partial charge in [-0.3, -0.25) is 4.79 Å². The molecule has 2 heterocycles. The lowest BCUT2D eigenvalue weighted by atomic mass is 9.83. The van der Waals surface area contributed by atoms with E-state index < -0.39 is 28.9 Å². The van der Waals surface area contributed by atoms with E-state index in [9.17, 15) is 26.7 Å². The number of carbonyl (C=O) groups excluding carboxylic acids is 1. The molecule has 2 unspecified atom stereocenters. The maximum absolute atomic E-state index is 13.9. The fourth-order valence-electron chi connectivity index (χ4n) is 5.92. The van der Waals surface area contributed by atoms with Gasteiger partial charge in [0.25, 0.3) is 0 Å². The van der Waals surface area contributed by atoms with Gasteiger partial charge < -0.3 is 10.2 Å². The third-order valence-corrected chi connectivity index (χ3v) is 7.98. The first-order valence-electron chi connectivity index (χ1n) is 12.9. The molecule has 12 heteroatoms. The largest absolute Gasteiger partial charge is 0.416 e. The summed E-state index contributed by atoms with van der Waals surface area (Å²) in [7, 11) is 1.60. The molecule has 1 N–H and O–H groups in total. The van der Waals surface area contributed by atoms with Crippen LogP contribution in [0.2, 0.25) is 0 Å². The minimum absolute atomic E-state index is 0.00958. The van der Waals surface area contributed by atoms with Gasteiger partial charge >= 0.3 is 6.18 Å². The molecule has 1 aromatic heterocycles. The van der Waals surface area contributed by atoms with Gasteiger partial charge in [-0.15, -0.1) is 10.2 Å². The Labute approximate surface area is 222 Å². The SMILES string of the molecule is Cn1nnc(C2(C(=O)NCc3cc(F)cc(C(F)(F)F)c3)CCC(N3CCC(c4ccc(F)cc4)CC3)C2)n1. The van der Waals surface area contributed by atoms with Gasteiger partial charge in [-0.2, -0.15) is 18.0 Å². The van der Waals surface area contributed by atoms with E-state index in [2.05, 4.69) is 25.6 Å². The monoisotopic (exact) mass is 548 g/mol. The number of hydrogen-bond donors (Lipinski definition) is 1. The van der Waals surface area contributed by atoms with Gasteiger partial charge in [-0.25, -0.2) is 8.78 Å². The lowest BCUT2D eigenvalue weighted by Gasteiger charge is -2.37. The molecule has 0 radical (unpaired) electrons. The van der Waals surface area contributed by atoms with Crippen LogP contribution in [0.5, 0.6) is 0 Å². The van der Waals surface area contributed by atoms with Crippen molar-refractivity contribution in [2.24, 2.45) is 7.05 Å². The van der Waals surface area contributed by atoms with Gasteiger partial charge in [0.15, 0.2) is 5.82 Å². The number of nitrogens with one attached hydrogen (secondary N) is 1. The molecule has 208 valence electrons. The molecule has 5 rings (SSSR count). The van der Waals surface area contributed by atoms with Gasteiger partial charge in [-0.05, 0) is 97.8 Å². The van der Waals surface area contributed by atoms with Crippen LogP contribution in [0.25, 0.3) is 0 Å². The second kappa shape index (κ2) is 10.6. The molecule has 0 spiro atoms. The van der Waals surface area contributed by atoms with Crippen LogP contribution in [0.3, 0.4) is 0 Å². The summed E-state index contributed by atoms with van der Waals surface area (Å²) in [4.78, 5) is 17.2. The molecule has 1 aliphatic heterocycles. The van der Waals surface area contributed by atoms with Gasteiger partial charge in [-0.1, -0.05) is 12.1 Å². The Morgan fingerprint density at radius 3 is 2.41 bits per heavy atom. The number of benzene rings is 2. The second-order valence-electron chi connectivity index (χ2n) is 10.5. The highest BCUT2D eigenvalue weighted by atomic mass is 19.4. The molecule has 3 aromatic rings. The van der Waals surface area contributed by atoms with Crippen LogP contribution in [0.1, 0.15) is 60.5 Å². The number of amides is 1. The first-order valence-corrected chi connectivity index (χ1v) is 12.9. The van der Waals surface area contributed by atoms with Crippen LogP contribution >= 0.6 is 0 Å². The number of carbonyl (C=O) groups is 1. The molecule has 39 heavy (non-hydrogen) atoms. The van der Waals surface area contributed by atoms with Crippen molar-refractivity contribution < 1.29 is 26.7 Å². The average molecular weight is 549 g/mol. The second-order valence-corrected chi connectivity index (χ2v) is 10.5. The minimum Gasteiger partial charge on any atom is -0.351 e. The molecule has 1 aliphatic carbocycles. The molecule has 0 bridgehead atoms. The molecule has 1 saturated carbocycles. The van der Waals surface area contributed by atoms with Crippen molar-refractivity contribution in [3.05, 3.63) is 76.6 Å². The van der Waals surface area contributed by atoms with Crippen molar-refractivity contribution in [3.8, 4) is 0 Å². The standard InChI is InChI=1S/C27H29F5N6O/c1-37-35-24(34-36-37)26(25(39)33-16-17-12-20(27(30,31)32)14-22(29)13-17)9-6-23(15-26)38-10-7-19(8-11-38)18-2-4-21(28)5-3-18/h2-5,12-14,19,23H,6-11,15-16H2,1H3,(H,33,39). The molecule has 1 amide bonds. The first-order chi connectivity index (χ1) is 18.5. The van der Waals surface area contributed by atoms with Crippen LogP contribution in [0.15, 0.2) is 42.5 Å².